The number of alkyl halides is 6. The van der Waals surface area contributed by atoms with E-state index in [0.29, 0.717) is 46.4 Å². The minimum atomic E-state index is -4.48. The number of piperidine rings is 1. The molecule has 1 aliphatic heterocycles. The predicted octanol–water partition coefficient (Wildman–Crippen LogP) is 7.55. The van der Waals surface area contributed by atoms with E-state index in [4.69, 9.17) is 0 Å². The van der Waals surface area contributed by atoms with Crippen LogP contribution in [0.1, 0.15) is 30.7 Å². The average Bonchev–Trinajstić information content (AvgIpc) is 3.29. The third-order valence-corrected chi connectivity index (χ3v) is 12.0. The number of nitrogens with zero attached hydrogens (tertiary/aromatic N) is 1. The van der Waals surface area contributed by atoms with Gasteiger partial charge in [0.1, 0.15) is 19.1 Å². The number of hydrogen-bond acceptors (Lipinski definition) is 6. The van der Waals surface area contributed by atoms with Crippen molar-refractivity contribution in [2.45, 2.75) is 51.7 Å². The van der Waals surface area contributed by atoms with Gasteiger partial charge >= 0.3 is 12.8 Å². The maximum atomic E-state index is 14.7. The van der Waals surface area contributed by atoms with Crippen molar-refractivity contribution < 1.29 is 35.6 Å². The van der Waals surface area contributed by atoms with Gasteiger partial charge in [-0.2, -0.15) is 22.0 Å². The largest absolute Gasteiger partial charge is 0.433 e. The lowest BCUT2D eigenvalue weighted by Gasteiger charge is -2.33. The zero-order valence-corrected chi connectivity index (χ0v) is 25.7. The minimum absolute atomic E-state index is 0.0322. The molecule has 0 aliphatic carbocycles. The number of ether oxygens (including phenoxy) is 1. The van der Waals surface area contributed by atoms with Crippen molar-refractivity contribution in [2.75, 3.05) is 49.6 Å². The van der Waals surface area contributed by atoms with E-state index in [1.807, 2.05) is 11.9 Å². The molecule has 4 rings (SSSR count). The molecule has 3 aromatic rings. The molecule has 13 heteroatoms. The quantitative estimate of drug-likeness (QED) is 0.136. The molecule has 2 atom stereocenters. The Bertz CT molecular complexity index is 1530. The highest BCUT2D eigenvalue weighted by atomic mass is 32.1. The van der Waals surface area contributed by atoms with Gasteiger partial charge in [-0.15, -0.1) is 11.3 Å². The van der Waals surface area contributed by atoms with Gasteiger partial charge in [0.2, 0.25) is 0 Å². The normalized spacial score (nSPS) is 18.0. The summed E-state index contributed by atoms with van der Waals surface area (Å²) in [5, 5.41) is 6.91. The standard InChI is InChI=1S/C30H34F6N3O2PS/c1-4-42(40,5-2)19-11-12-24(26(16-19)41-29(32)33)37-14-7-10-27-21(17-30(34,35)36)20-8-6-9-25(28(20)43-27)38-23-13-15-39(3)18-22(23)31/h6,8-9,11-12,16,22-23,29,37-38H,4-5,13-15,17-18H2,1-3H3/t22-,23+/m0/s1. The first kappa shape index (κ1) is 33.0. The molecule has 5 nitrogen and oxygen atoms in total. The Morgan fingerprint density at radius 1 is 1.16 bits per heavy atom. The van der Waals surface area contributed by atoms with Crippen molar-refractivity contribution in [2.24, 2.45) is 0 Å². The average molecular weight is 646 g/mol. The molecule has 2 heterocycles. The highest BCUT2D eigenvalue weighted by molar-refractivity contribution is 7.71. The molecule has 1 fully saturated rings. The highest BCUT2D eigenvalue weighted by Crippen LogP contribution is 2.45. The second kappa shape index (κ2) is 13.8. The molecule has 0 radical (unpaired) electrons. The van der Waals surface area contributed by atoms with Crippen LogP contribution in [0.5, 0.6) is 5.75 Å². The molecule has 2 N–H and O–H groups in total. The van der Waals surface area contributed by atoms with Crippen molar-refractivity contribution >= 4 is 45.2 Å². The lowest BCUT2D eigenvalue weighted by atomic mass is 10.0. The van der Waals surface area contributed by atoms with E-state index in [0.717, 1.165) is 11.3 Å². The van der Waals surface area contributed by atoms with Crippen LogP contribution < -0.4 is 20.7 Å². The van der Waals surface area contributed by atoms with E-state index in [1.165, 1.54) is 12.1 Å². The van der Waals surface area contributed by atoms with Crippen LogP contribution in [0, 0.1) is 11.8 Å². The van der Waals surface area contributed by atoms with Gasteiger partial charge in [-0.1, -0.05) is 37.8 Å². The number of fused-ring (bicyclic) bond motifs is 1. The van der Waals surface area contributed by atoms with E-state index in [1.54, 1.807) is 38.1 Å². The Morgan fingerprint density at radius 3 is 2.56 bits per heavy atom. The monoisotopic (exact) mass is 645 g/mol. The van der Waals surface area contributed by atoms with Gasteiger partial charge in [0.05, 0.1) is 40.0 Å². The number of thiophene rings is 1. The maximum Gasteiger partial charge on any atom is 0.393 e. The molecular weight excluding hydrogens is 611 g/mol. The summed E-state index contributed by atoms with van der Waals surface area (Å²) in [5.41, 5.74) is 0.777. The fourth-order valence-electron chi connectivity index (χ4n) is 5.14. The summed E-state index contributed by atoms with van der Waals surface area (Å²) in [6, 6.07) is 8.92. The molecule has 0 unspecified atom stereocenters. The number of nitrogens with one attached hydrogen (secondary N) is 2. The summed E-state index contributed by atoms with van der Waals surface area (Å²) in [5.74, 6) is 5.43. The summed E-state index contributed by atoms with van der Waals surface area (Å²) >= 11 is 1.10. The van der Waals surface area contributed by atoms with Crippen LogP contribution in [0.3, 0.4) is 0 Å². The maximum absolute atomic E-state index is 14.7. The van der Waals surface area contributed by atoms with Crippen LogP contribution in [0.4, 0.5) is 37.7 Å². The topological polar surface area (TPSA) is 53.6 Å². The number of benzene rings is 2. The lowest BCUT2D eigenvalue weighted by Crippen LogP contribution is -2.46. The van der Waals surface area contributed by atoms with Crippen LogP contribution in [0.2, 0.25) is 0 Å². The van der Waals surface area contributed by atoms with Crippen molar-refractivity contribution in [1.82, 2.24) is 4.90 Å². The Kier molecular flexibility index (Phi) is 10.6. The summed E-state index contributed by atoms with van der Waals surface area (Å²) in [6.45, 7) is 1.31. The molecule has 0 spiro atoms. The van der Waals surface area contributed by atoms with Gasteiger partial charge in [-0.05, 0) is 48.7 Å². The predicted molar refractivity (Wildman–Crippen MR) is 163 cm³/mol. The van der Waals surface area contributed by atoms with Crippen molar-refractivity contribution in [3.8, 4) is 17.6 Å². The van der Waals surface area contributed by atoms with E-state index in [-0.39, 0.29) is 35.0 Å². The molecule has 0 amide bonds. The minimum Gasteiger partial charge on any atom is -0.433 e. The molecule has 1 saturated heterocycles. The molecule has 0 bridgehead atoms. The molecule has 0 saturated carbocycles. The number of likely N-dealkylation sites (tertiary alicyclic amines) is 1. The smallest absolute Gasteiger partial charge is 0.393 e. The fourth-order valence-corrected chi connectivity index (χ4v) is 8.18. The van der Waals surface area contributed by atoms with Crippen molar-refractivity contribution in [3.05, 3.63) is 46.8 Å². The Hall–Kier alpha value is -2.87. The second-order valence-electron chi connectivity index (χ2n) is 10.4. The summed E-state index contributed by atoms with van der Waals surface area (Å²) in [4.78, 5) is 2.11. The van der Waals surface area contributed by atoms with E-state index in [2.05, 4.69) is 27.2 Å². The fraction of sp³-hybridized carbons (Fsp3) is 0.467. The number of anilines is 2. The first-order valence-electron chi connectivity index (χ1n) is 13.9. The Morgan fingerprint density at radius 2 is 1.91 bits per heavy atom. The highest BCUT2D eigenvalue weighted by Gasteiger charge is 2.32. The summed E-state index contributed by atoms with van der Waals surface area (Å²) in [7, 11) is -0.917. The summed E-state index contributed by atoms with van der Waals surface area (Å²) < 4.78 is 100. The van der Waals surface area contributed by atoms with Crippen LogP contribution in [-0.2, 0) is 11.0 Å². The number of hydrogen-bond donors (Lipinski definition) is 2. The third kappa shape index (κ3) is 8.20. The van der Waals surface area contributed by atoms with Gasteiger partial charge in [0, 0.05) is 30.7 Å². The van der Waals surface area contributed by atoms with E-state index >= 15 is 0 Å². The molecular formula is C30H34F6N3O2PS. The van der Waals surface area contributed by atoms with Gasteiger partial charge in [-0.25, -0.2) is 4.39 Å². The van der Waals surface area contributed by atoms with Gasteiger partial charge in [0.25, 0.3) is 0 Å². The number of halogens is 6. The first-order valence-corrected chi connectivity index (χ1v) is 16.8. The molecule has 43 heavy (non-hydrogen) atoms. The van der Waals surface area contributed by atoms with Gasteiger partial charge in [-0.3, -0.25) is 0 Å². The van der Waals surface area contributed by atoms with Gasteiger partial charge in [0.15, 0.2) is 0 Å². The van der Waals surface area contributed by atoms with Crippen LogP contribution in [0.15, 0.2) is 36.4 Å². The van der Waals surface area contributed by atoms with Gasteiger partial charge < -0.3 is 24.8 Å². The molecule has 2 aromatic carbocycles. The zero-order chi connectivity index (χ0) is 31.4. The Balaban J connectivity index is 1.61. The first-order chi connectivity index (χ1) is 20.3. The lowest BCUT2D eigenvalue weighted by molar-refractivity contribution is -0.126. The number of rotatable bonds is 10. The van der Waals surface area contributed by atoms with Crippen LogP contribution in [-0.4, -0.2) is 68.9 Å². The molecule has 234 valence electrons. The van der Waals surface area contributed by atoms with Crippen LogP contribution in [0.25, 0.3) is 10.1 Å². The third-order valence-electron chi connectivity index (χ3n) is 7.52. The summed E-state index contributed by atoms with van der Waals surface area (Å²) in [6.07, 6.45) is -5.50. The molecule has 1 aliphatic rings. The van der Waals surface area contributed by atoms with Crippen molar-refractivity contribution in [3.63, 3.8) is 0 Å². The second-order valence-corrected chi connectivity index (χ2v) is 15.0. The zero-order valence-electron chi connectivity index (χ0n) is 24.0. The van der Waals surface area contributed by atoms with Crippen molar-refractivity contribution in [1.29, 1.82) is 0 Å². The van der Waals surface area contributed by atoms with E-state index in [9.17, 15) is 30.9 Å². The SMILES string of the molecule is CCP(=O)(CC)c1ccc(NCC#Cc2sc3c(N[C@@H]4CCN(C)C[C@@H]4F)cccc3c2CC(F)(F)F)c(OC(F)F)c1. The van der Waals surface area contributed by atoms with Crippen LogP contribution >= 0.6 is 18.5 Å². The molecule has 1 aromatic heterocycles. The van der Waals surface area contributed by atoms with E-state index < -0.39 is 38.6 Å². The Labute approximate surface area is 251 Å².